The topological polar surface area (TPSA) is 64.7 Å². The van der Waals surface area contributed by atoms with Crippen molar-refractivity contribution in [2.24, 2.45) is 0 Å². The minimum absolute atomic E-state index is 0.630. The second kappa shape index (κ2) is 11.6. The van der Waals surface area contributed by atoms with E-state index in [4.69, 9.17) is 24.4 Å². The van der Waals surface area contributed by atoms with E-state index in [9.17, 15) is 0 Å². The molecule has 0 aliphatic heterocycles. The Hall–Kier alpha value is -6.50. The zero-order valence-electron chi connectivity index (χ0n) is 26.6. The van der Waals surface area contributed by atoms with Crippen LogP contribution < -0.4 is 0 Å². The van der Waals surface area contributed by atoms with Crippen molar-refractivity contribution in [2.45, 2.75) is 0 Å². The smallest absolute Gasteiger partial charge is 0.164 e. The molecule has 3 heterocycles. The lowest BCUT2D eigenvalue weighted by Crippen LogP contribution is -2.00. The van der Waals surface area contributed by atoms with Gasteiger partial charge in [0.1, 0.15) is 16.2 Å². The molecule has 0 atom stereocenters. The number of hydrogen-bond acceptors (Lipinski definition) is 6. The van der Waals surface area contributed by atoms with Crippen molar-refractivity contribution in [3.8, 4) is 55.9 Å². The summed E-state index contributed by atoms with van der Waals surface area (Å²) in [6.45, 7) is 0. The van der Waals surface area contributed by atoms with Crippen molar-refractivity contribution >= 4 is 54.3 Å². The van der Waals surface area contributed by atoms with Gasteiger partial charge in [-0.2, -0.15) is 0 Å². The zero-order chi connectivity index (χ0) is 33.0. The predicted octanol–water partition coefficient (Wildman–Crippen LogP) is 11.9. The van der Waals surface area contributed by atoms with Gasteiger partial charge in [0.15, 0.2) is 17.5 Å². The van der Waals surface area contributed by atoms with Gasteiger partial charge < -0.3 is 4.42 Å². The van der Waals surface area contributed by atoms with Gasteiger partial charge in [-0.05, 0) is 34.5 Å². The van der Waals surface area contributed by atoms with Crippen LogP contribution in [0.2, 0.25) is 0 Å². The highest BCUT2D eigenvalue weighted by molar-refractivity contribution is 7.22. The lowest BCUT2D eigenvalue weighted by Gasteiger charge is -2.10. The minimum Gasteiger partial charge on any atom is -0.456 e. The average Bonchev–Trinajstić information content (AvgIpc) is 3.79. The molecule has 0 N–H and O–H groups in total. The van der Waals surface area contributed by atoms with E-state index >= 15 is 0 Å². The van der Waals surface area contributed by atoms with Crippen LogP contribution in [-0.2, 0) is 0 Å². The average molecular weight is 659 g/mol. The van der Waals surface area contributed by atoms with E-state index in [1.165, 1.54) is 0 Å². The second-order valence-corrected chi connectivity index (χ2v) is 13.3. The highest BCUT2D eigenvalue weighted by Gasteiger charge is 2.20. The molecule has 0 aliphatic rings. The monoisotopic (exact) mass is 658 g/mol. The molecule has 10 rings (SSSR count). The first-order chi connectivity index (χ1) is 24.7. The molecule has 0 fully saturated rings. The molecule has 50 heavy (non-hydrogen) atoms. The predicted molar refractivity (Wildman–Crippen MR) is 205 cm³/mol. The molecule has 0 saturated carbocycles. The van der Waals surface area contributed by atoms with Crippen LogP contribution in [-0.4, -0.2) is 19.9 Å². The Morgan fingerprint density at radius 3 is 1.66 bits per heavy atom. The van der Waals surface area contributed by atoms with Crippen LogP contribution in [0.25, 0.3) is 98.8 Å². The van der Waals surface area contributed by atoms with Gasteiger partial charge in [0.25, 0.3) is 0 Å². The number of fused-ring (bicyclic) bond motifs is 5. The third-order valence-corrected chi connectivity index (χ3v) is 10.3. The second-order valence-electron chi connectivity index (χ2n) is 12.3. The highest BCUT2D eigenvalue weighted by atomic mass is 32.1. The number of thiazole rings is 1. The Morgan fingerprint density at radius 1 is 0.420 bits per heavy atom. The maximum atomic E-state index is 6.44. The van der Waals surface area contributed by atoms with Gasteiger partial charge >= 0.3 is 0 Å². The maximum Gasteiger partial charge on any atom is 0.164 e. The summed E-state index contributed by atoms with van der Waals surface area (Å²) < 4.78 is 7.57. The molecule has 10 aromatic rings. The molecule has 0 aliphatic carbocycles. The van der Waals surface area contributed by atoms with Gasteiger partial charge in [-0.25, -0.2) is 19.9 Å². The molecular weight excluding hydrogens is 633 g/mol. The molecule has 0 saturated heterocycles. The van der Waals surface area contributed by atoms with Crippen LogP contribution in [0.15, 0.2) is 162 Å². The summed E-state index contributed by atoms with van der Waals surface area (Å²) in [5.41, 5.74) is 8.78. The molecule has 0 amide bonds. The first-order valence-electron chi connectivity index (χ1n) is 16.5. The Bertz CT molecular complexity index is 2810. The van der Waals surface area contributed by atoms with Crippen LogP contribution in [0, 0.1) is 0 Å². The number of nitrogens with zero attached hydrogens (tertiary/aromatic N) is 4. The van der Waals surface area contributed by atoms with E-state index in [0.29, 0.717) is 17.5 Å². The third-order valence-electron chi connectivity index (χ3n) is 9.13. The molecule has 0 spiro atoms. The van der Waals surface area contributed by atoms with E-state index in [1.807, 2.05) is 78.9 Å². The largest absolute Gasteiger partial charge is 0.456 e. The van der Waals surface area contributed by atoms with Gasteiger partial charge in [-0.3, -0.25) is 0 Å². The Morgan fingerprint density at radius 2 is 0.980 bits per heavy atom. The van der Waals surface area contributed by atoms with Gasteiger partial charge in [-0.15, -0.1) is 11.3 Å². The fourth-order valence-electron chi connectivity index (χ4n) is 6.73. The summed E-state index contributed by atoms with van der Waals surface area (Å²) in [6, 6.07) is 54.0. The van der Waals surface area contributed by atoms with Crippen molar-refractivity contribution in [2.75, 3.05) is 0 Å². The van der Waals surface area contributed by atoms with Crippen molar-refractivity contribution < 1.29 is 4.42 Å². The van der Waals surface area contributed by atoms with Crippen molar-refractivity contribution in [1.29, 1.82) is 0 Å². The standard InChI is InChI=1S/C44H26N4OS/c1-4-12-28(13-5-1)41-46-42(29-14-6-2-7-15-29)48-43(47-41)32-23-21-27-20-22-31(24-33(27)25-32)38-39-34-18-10-11-19-36(34)49-37(39)26-35-40(38)50-44(45-35)30-16-8-3-9-17-30/h1-26H. The first kappa shape index (κ1) is 28.5. The molecule has 0 bridgehead atoms. The Balaban J connectivity index is 1.18. The molecule has 0 unspecified atom stereocenters. The number of aromatic nitrogens is 4. The number of hydrogen-bond donors (Lipinski definition) is 0. The van der Waals surface area contributed by atoms with E-state index < -0.39 is 0 Å². The maximum absolute atomic E-state index is 6.44. The van der Waals surface area contributed by atoms with E-state index in [0.717, 1.165) is 81.3 Å². The quantitative estimate of drug-likeness (QED) is 0.184. The number of para-hydroxylation sites is 1. The minimum atomic E-state index is 0.630. The first-order valence-corrected chi connectivity index (χ1v) is 17.3. The van der Waals surface area contributed by atoms with Crippen molar-refractivity contribution in [3.63, 3.8) is 0 Å². The summed E-state index contributed by atoms with van der Waals surface area (Å²) in [5, 5.41) is 5.40. The van der Waals surface area contributed by atoms with Crippen LogP contribution in [0.1, 0.15) is 0 Å². The number of rotatable bonds is 5. The Kier molecular flexibility index (Phi) is 6.60. The van der Waals surface area contributed by atoms with E-state index in [-0.39, 0.29) is 0 Å². The van der Waals surface area contributed by atoms with Crippen molar-refractivity contribution in [1.82, 2.24) is 19.9 Å². The van der Waals surface area contributed by atoms with E-state index in [1.54, 1.807) is 11.3 Å². The third kappa shape index (κ3) is 4.85. The summed E-state index contributed by atoms with van der Waals surface area (Å²) >= 11 is 1.72. The molecule has 7 aromatic carbocycles. The fraction of sp³-hybridized carbons (Fsp3) is 0. The SMILES string of the molecule is c1ccc(-c2nc(-c3ccccc3)nc(-c3ccc4ccc(-c5c6sc(-c7ccccc7)nc6cc6oc7ccccc7c56)cc4c3)n2)cc1. The fourth-order valence-corrected chi connectivity index (χ4v) is 7.85. The molecular formula is C44H26N4OS. The summed E-state index contributed by atoms with van der Waals surface area (Å²) in [5.74, 6) is 1.91. The molecule has 0 radical (unpaired) electrons. The number of furan rings is 1. The van der Waals surface area contributed by atoms with Crippen LogP contribution in [0.3, 0.4) is 0 Å². The molecule has 3 aromatic heterocycles. The Labute approximate surface area is 291 Å². The van der Waals surface area contributed by atoms with Gasteiger partial charge in [0, 0.05) is 44.7 Å². The number of benzene rings is 7. The molecule has 234 valence electrons. The van der Waals surface area contributed by atoms with Gasteiger partial charge in [0.05, 0.1) is 10.2 Å². The summed E-state index contributed by atoms with van der Waals surface area (Å²) in [6.07, 6.45) is 0. The summed E-state index contributed by atoms with van der Waals surface area (Å²) in [7, 11) is 0. The zero-order valence-corrected chi connectivity index (χ0v) is 27.4. The summed E-state index contributed by atoms with van der Waals surface area (Å²) in [4.78, 5) is 20.0. The van der Waals surface area contributed by atoms with Crippen LogP contribution in [0.4, 0.5) is 0 Å². The lowest BCUT2D eigenvalue weighted by molar-refractivity contribution is 0.669. The van der Waals surface area contributed by atoms with Crippen molar-refractivity contribution in [3.05, 3.63) is 158 Å². The van der Waals surface area contributed by atoms with Crippen LogP contribution >= 0.6 is 11.3 Å². The normalized spacial score (nSPS) is 11.6. The molecule has 6 heteroatoms. The highest BCUT2D eigenvalue weighted by Crippen LogP contribution is 2.45. The van der Waals surface area contributed by atoms with Gasteiger partial charge in [0.2, 0.25) is 0 Å². The van der Waals surface area contributed by atoms with Crippen LogP contribution in [0.5, 0.6) is 0 Å². The lowest BCUT2D eigenvalue weighted by atomic mass is 9.96. The van der Waals surface area contributed by atoms with Gasteiger partial charge in [-0.1, -0.05) is 133 Å². The van der Waals surface area contributed by atoms with E-state index in [2.05, 4.69) is 78.9 Å². The molecule has 5 nitrogen and oxygen atoms in total.